The molecule has 5 rings (SSSR count). The number of likely N-dealkylation sites (tertiary alicyclic amines) is 1. The maximum Gasteiger partial charge on any atom is 0.280 e. The van der Waals surface area contributed by atoms with Gasteiger partial charge in [-0.05, 0) is 31.0 Å². The van der Waals surface area contributed by atoms with Gasteiger partial charge in [0.05, 0.1) is 36.7 Å². The van der Waals surface area contributed by atoms with Crippen molar-refractivity contribution in [3.63, 3.8) is 0 Å². The van der Waals surface area contributed by atoms with Crippen LogP contribution in [0.1, 0.15) is 33.7 Å². The minimum atomic E-state index is -3.87. The van der Waals surface area contributed by atoms with Crippen molar-refractivity contribution in [3.05, 3.63) is 40.7 Å². The molecule has 17 heteroatoms. The van der Waals surface area contributed by atoms with Gasteiger partial charge in [0.2, 0.25) is 10.0 Å². The summed E-state index contributed by atoms with van der Waals surface area (Å²) in [6.07, 6.45) is 0.474. The van der Waals surface area contributed by atoms with Crippen molar-refractivity contribution in [1.29, 1.82) is 0 Å². The monoisotopic (exact) mass is 593 g/mol. The topological polar surface area (TPSA) is 216 Å². The highest BCUT2D eigenvalue weighted by Gasteiger charge is 2.40. The molecular weight excluding hydrogens is 566 g/mol. The second-order valence-corrected chi connectivity index (χ2v) is 11.6. The Morgan fingerprint density at radius 1 is 1.15 bits per heavy atom. The molecule has 1 aromatic carbocycles. The van der Waals surface area contributed by atoms with Crippen molar-refractivity contribution in [2.24, 2.45) is 4.99 Å². The molecule has 0 bridgehead atoms. The highest BCUT2D eigenvalue weighted by atomic mass is 35.5. The van der Waals surface area contributed by atoms with Crippen LogP contribution in [-0.2, 0) is 19.5 Å². The minimum Gasteiger partial charge on any atom is -0.382 e. The number of anilines is 2. The summed E-state index contributed by atoms with van der Waals surface area (Å²) >= 11 is 5.86. The van der Waals surface area contributed by atoms with Crippen LogP contribution in [0.3, 0.4) is 0 Å². The zero-order valence-electron chi connectivity index (χ0n) is 21.2. The molecule has 1 aromatic heterocycles. The molecule has 1 spiro atoms. The number of guanidine groups is 1. The Bertz CT molecular complexity index is 1460. The van der Waals surface area contributed by atoms with Gasteiger partial charge >= 0.3 is 0 Å². The predicted molar refractivity (Wildman–Crippen MR) is 144 cm³/mol. The number of rotatable bonds is 6. The van der Waals surface area contributed by atoms with Gasteiger partial charge in [-0.2, -0.15) is 0 Å². The number of benzene rings is 1. The molecule has 0 atom stereocenters. The molecule has 0 aliphatic carbocycles. The molecule has 2 saturated heterocycles. The number of nitrogens with two attached hydrogens (primary N) is 2. The van der Waals surface area contributed by atoms with Crippen LogP contribution in [0.2, 0.25) is 5.15 Å². The number of amides is 2. The molecule has 214 valence electrons. The van der Waals surface area contributed by atoms with Crippen LogP contribution in [0.5, 0.6) is 0 Å². The van der Waals surface area contributed by atoms with Crippen LogP contribution in [0.4, 0.5) is 11.6 Å². The number of aliphatic imine (C=N–C) groups is 1. The molecule has 15 nitrogen and oxygen atoms in total. The third kappa shape index (κ3) is 5.95. The van der Waals surface area contributed by atoms with Crippen LogP contribution in [0, 0.1) is 0 Å². The van der Waals surface area contributed by atoms with Gasteiger partial charge < -0.3 is 31.2 Å². The predicted octanol–water partition coefficient (Wildman–Crippen LogP) is -0.690. The van der Waals surface area contributed by atoms with Crippen LogP contribution in [-0.4, -0.2) is 92.3 Å². The lowest BCUT2D eigenvalue weighted by Crippen LogP contribution is -2.57. The first-order chi connectivity index (χ1) is 19.1. The number of carbonyl (C=O) groups is 2. The van der Waals surface area contributed by atoms with E-state index in [1.807, 2.05) is 0 Å². The van der Waals surface area contributed by atoms with E-state index in [1.165, 1.54) is 18.2 Å². The summed E-state index contributed by atoms with van der Waals surface area (Å²) in [5.41, 5.74) is 10.9. The second-order valence-electron chi connectivity index (χ2n) is 9.50. The summed E-state index contributed by atoms with van der Waals surface area (Å²) < 4.78 is 38.4. The number of hydrogen-bond acceptors (Lipinski definition) is 12. The van der Waals surface area contributed by atoms with Gasteiger partial charge in [-0.1, -0.05) is 17.7 Å². The Labute approximate surface area is 234 Å². The lowest BCUT2D eigenvalue weighted by Gasteiger charge is -2.39. The molecule has 4 heterocycles. The number of nitrogens with one attached hydrogen (secondary N) is 3. The number of hydrogen-bond donors (Lipinski definition) is 5. The van der Waals surface area contributed by atoms with Crippen LogP contribution in [0.25, 0.3) is 0 Å². The molecular formula is C23H28ClN9O6S. The van der Waals surface area contributed by atoms with E-state index in [0.717, 1.165) is 0 Å². The van der Waals surface area contributed by atoms with E-state index < -0.39 is 27.8 Å². The van der Waals surface area contributed by atoms with E-state index in [9.17, 15) is 18.0 Å². The van der Waals surface area contributed by atoms with Gasteiger partial charge in [0.25, 0.3) is 11.8 Å². The molecule has 2 amide bonds. The van der Waals surface area contributed by atoms with Crippen molar-refractivity contribution in [2.75, 3.05) is 50.9 Å². The lowest BCUT2D eigenvalue weighted by atomic mass is 9.88. The zero-order chi connectivity index (χ0) is 28.5. The van der Waals surface area contributed by atoms with Gasteiger partial charge in [0.1, 0.15) is 0 Å². The molecule has 2 fully saturated rings. The number of piperidine rings is 1. The Kier molecular flexibility index (Phi) is 7.78. The molecule has 2 aromatic rings. The van der Waals surface area contributed by atoms with E-state index in [4.69, 9.17) is 32.5 Å². The first-order valence-corrected chi connectivity index (χ1v) is 14.3. The lowest BCUT2D eigenvalue weighted by molar-refractivity contribution is -0.0355. The third-order valence-corrected chi connectivity index (χ3v) is 8.50. The number of sulfonamides is 1. The molecule has 3 aliphatic heterocycles. The van der Waals surface area contributed by atoms with Gasteiger partial charge in [0, 0.05) is 18.7 Å². The number of aromatic nitrogens is 2. The van der Waals surface area contributed by atoms with E-state index in [-0.39, 0.29) is 51.4 Å². The Hall–Kier alpha value is -3.57. The van der Waals surface area contributed by atoms with Crippen molar-refractivity contribution in [2.45, 2.75) is 29.6 Å². The summed E-state index contributed by atoms with van der Waals surface area (Å²) in [5.74, 6) is -0.921. The van der Waals surface area contributed by atoms with Gasteiger partial charge in [-0.15, -0.1) is 0 Å². The Morgan fingerprint density at radius 2 is 1.88 bits per heavy atom. The summed E-state index contributed by atoms with van der Waals surface area (Å²) in [7, 11) is -3.87. The first-order valence-electron chi connectivity index (χ1n) is 12.4. The largest absolute Gasteiger partial charge is 0.382 e. The van der Waals surface area contributed by atoms with Crippen molar-refractivity contribution < 1.29 is 27.5 Å². The fourth-order valence-corrected chi connectivity index (χ4v) is 5.78. The Morgan fingerprint density at radius 3 is 2.60 bits per heavy atom. The van der Waals surface area contributed by atoms with Crippen LogP contribution < -0.4 is 26.8 Å². The quantitative estimate of drug-likeness (QED) is 0.282. The maximum atomic E-state index is 13.2. The minimum absolute atomic E-state index is 0.0243. The summed E-state index contributed by atoms with van der Waals surface area (Å²) in [6.45, 7) is 1.99. The van der Waals surface area contributed by atoms with Crippen molar-refractivity contribution in [1.82, 2.24) is 30.2 Å². The van der Waals surface area contributed by atoms with Gasteiger partial charge in [-0.3, -0.25) is 19.9 Å². The fourth-order valence-electron chi connectivity index (χ4n) is 4.59. The summed E-state index contributed by atoms with van der Waals surface area (Å²) in [6, 6.07) is 5.89. The van der Waals surface area contributed by atoms with Gasteiger partial charge in [-0.25, -0.2) is 23.1 Å². The molecule has 0 unspecified atom stereocenters. The standard InChI is InChI=1S/C23H28ClN9O6S/c24-17-19(26)30-18(25)16(29-17)20(34)31-22-27-12-23(32-22)4-6-33(7-5-23)21(35)13-2-1-3-14(10-13)40(36,37)28-11-15-38-8-9-39-15/h1-3,10,15,28H,4-9,11-12H2,(H4,25,26,30)(H2,27,31,32,34). The average molecular weight is 594 g/mol. The number of ether oxygens (including phenoxy) is 2. The highest BCUT2D eigenvalue weighted by Crippen LogP contribution is 2.27. The van der Waals surface area contributed by atoms with E-state index in [0.29, 0.717) is 45.7 Å². The average Bonchev–Trinajstić information content (AvgIpc) is 3.60. The maximum absolute atomic E-state index is 13.2. The van der Waals surface area contributed by atoms with Crippen molar-refractivity contribution >= 4 is 51.0 Å². The highest BCUT2D eigenvalue weighted by molar-refractivity contribution is 7.89. The molecule has 7 N–H and O–H groups in total. The summed E-state index contributed by atoms with van der Waals surface area (Å²) in [4.78, 5) is 39.6. The number of nitrogen functional groups attached to an aromatic ring is 2. The zero-order valence-corrected chi connectivity index (χ0v) is 22.8. The second kappa shape index (κ2) is 11.1. The Balaban J connectivity index is 1.16. The summed E-state index contributed by atoms with van der Waals surface area (Å²) in [5, 5.41) is 5.73. The van der Waals surface area contributed by atoms with Crippen molar-refractivity contribution in [3.8, 4) is 0 Å². The number of carbonyl (C=O) groups excluding carboxylic acids is 2. The SMILES string of the molecule is Nc1nc(N)c(C(=O)NC2=NCC3(CCN(C(=O)c4cccc(S(=O)(=O)NCC5OCCO5)c4)CC3)N2)nc1Cl. The smallest absolute Gasteiger partial charge is 0.280 e. The molecule has 0 saturated carbocycles. The molecule has 0 radical (unpaired) electrons. The van der Waals surface area contributed by atoms with E-state index in [2.05, 4.69) is 30.3 Å². The first kappa shape index (κ1) is 28.0. The van der Waals surface area contributed by atoms with Crippen LogP contribution >= 0.6 is 11.6 Å². The van der Waals surface area contributed by atoms with E-state index >= 15 is 0 Å². The molecule has 3 aliphatic rings. The normalized spacial score (nSPS) is 18.9. The van der Waals surface area contributed by atoms with Gasteiger partial charge in [0.15, 0.2) is 34.7 Å². The number of nitrogens with zero attached hydrogens (tertiary/aromatic N) is 4. The fraction of sp³-hybridized carbons (Fsp3) is 0.435. The van der Waals surface area contributed by atoms with Crippen LogP contribution in [0.15, 0.2) is 34.2 Å². The number of halogens is 1. The third-order valence-electron chi connectivity index (χ3n) is 6.81. The van der Waals surface area contributed by atoms with E-state index in [1.54, 1.807) is 11.0 Å². The molecule has 40 heavy (non-hydrogen) atoms.